The number of benzene rings is 4. The Balaban J connectivity index is 1.09. The molecule has 0 saturated carbocycles. The van der Waals surface area contributed by atoms with Crippen LogP contribution in [0.4, 0.5) is 0 Å². The number of aromatic nitrogens is 2. The van der Waals surface area contributed by atoms with Gasteiger partial charge in [0.2, 0.25) is 0 Å². The van der Waals surface area contributed by atoms with Gasteiger partial charge in [-0.1, -0.05) is 66.2 Å². The first-order valence-electron chi connectivity index (χ1n) is 12.9. The van der Waals surface area contributed by atoms with E-state index < -0.39 is 0 Å². The molecule has 5 aromatic rings. The van der Waals surface area contributed by atoms with Crippen LogP contribution in [0.3, 0.4) is 0 Å². The number of hydrogen-bond acceptors (Lipinski definition) is 4. The molecule has 39 heavy (non-hydrogen) atoms. The average molecular weight is 537 g/mol. The summed E-state index contributed by atoms with van der Waals surface area (Å²) >= 11 is 6.09. The van der Waals surface area contributed by atoms with E-state index in [2.05, 4.69) is 41.4 Å². The van der Waals surface area contributed by atoms with Crippen molar-refractivity contribution in [1.82, 2.24) is 9.55 Å². The summed E-state index contributed by atoms with van der Waals surface area (Å²) in [5.74, 6) is 2.19. The van der Waals surface area contributed by atoms with Gasteiger partial charge in [0.1, 0.15) is 17.3 Å². The molecule has 0 spiro atoms. The maximum atomic E-state index is 13.1. The molecule has 6 heteroatoms. The molecule has 0 radical (unpaired) electrons. The molecule has 4 aromatic carbocycles. The van der Waals surface area contributed by atoms with E-state index in [0.29, 0.717) is 35.0 Å². The van der Waals surface area contributed by atoms with Gasteiger partial charge >= 0.3 is 0 Å². The second-order valence-corrected chi connectivity index (χ2v) is 9.60. The Kier molecular flexibility index (Phi) is 8.39. The van der Waals surface area contributed by atoms with Crippen LogP contribution in [-0.4, -0.2) is 22.8 Å². The van der Waals surface area contributed by atoms with Gasteiger partial charge in [-0.25, -0.2) is 4.98 Å². The van der Waals surface area contributed by atoms with Crippen molar-refractivity contribution in [1.29, 1.82) is 0 Å². The van der Waals surface area contributed by atoms with E-state index in [4.69, 9.17) is 21.1 Å². The predicted molar refractivity (Wildman–Crippen MR) is 158 cm³/mol. The van der Waals surface area contributed by atoms with Crippen molar-refractivity contribution < 1.29 is 9.47 Å². The minimum atomic E-state index is -0.150. The molecule has 0 aliphatic carbocycles. The van der Waals surface area contributed by atoms with E-state index in [1.165, 1.54) is 11.1 Å². The summed E-state index contributed by atoms with van der Waals surface area (Å²) < 4.78 is 13.3. The molecular weight excluding hydrogens is 508 g/mol. The lowest BCUT2D eigenvalue weighted by Gasteiger charge is -2.12. The lowest BCUT2D eigenvalue weighted by molar-refractivity contribution is 0.247. The van der Waals surface area contributed by atoms with Crippen molar-refractivity contribution in [3.63, 3.8) is 0 Å². The Morgan fingerprint density at radius 1 is 0.846 bits per heavy atom. The van der Waals surface area contributed by atoms with Crippen LogP contribution >= 0.6 is 11.6 Å². The summed E-state index contributed by atoms with van der Waals surface area (Å²) in [6, 6.07) is 31.1. The summed E-state index contributed by atoms with van der Waals surface area (Å²) in [5, 5.41) is 0.997. The summed E-state index contributed by atoms with van der Waals surface area (Å²) in [6.45, 7) is 2.90. The van der Waals surface area contributed by atoms with E-state index in [0.717, 1.165) is 30.0 Å². The highest BCUT2D eigenvalue weighted by Crippen LogP contribution is 2.19. The molecule has 0 N–H and O–H groups in total. The molecular formula is C33H29ClN2O3. The lowest BCUT2D eigenvalue weighted by atomic mass is 10.1. The standard InChI is InChI=1S/C33H29ClN2O3/c1-24-35-32-20-13-27(34)23-31(32)33(37)36(24)28-14-18-30(19-15-28)39-22-6-21-38-29-16-11-26(12-17-29)10-5-9-25-7-3-2-4-8-25/h2-5,7-9,11-20,23H,6,10,21-22H2,1H3. The third kappa shape index (κ3) is 6.75. The monoisotopic (exact) mass is 536 g/mol. The number of hydrogen-bond donors (Lipinski definition) is 0. The van der Waals surface area contributed by atoms with Crippen LogP contribution in [0.15, 0.2) is 108 Å². The van der Waals surface area contributed by atoms with Crippen molar-refractivity contribution in [3.05, 3.63) is 135 Å². The minimum absolute atomic E-state index is 0.150. The third-order valence-electron chi connectivity index (χ3n) is 6.31. The van der Waals surface area contributed by atoms with E-state index in [1.54, 1.807) is 22.8 Å². The molecule has 1 aromatic heterocycles. The first kappa shape index (κ1) is 26.3. The summed E-state index contributed by atoms with van der Waals surface area (Å²) in [6.07, 6.45) is 5.93. The second-order valence-electron chi connectivity index (χ2n) is 9.17. The van der Waals surface area contributed by atoms with Gasteiger partial charge in [-0.05, 0) is 79.1 Å². The molecule has 0 aliphatic rings. The van der Waals surface area contributed by atoms with Gasteiger partial charge in [-0.3, -0.25) is 9.36 Å². The smallest absolute Gasteiger partial charge is 0.266 e. The zero-order valence-corrected chi connectivity index (χ0v) is 22.5. The normalized spacial score (nSPS) is 11.2. The lowest BCUT2D eigenvalue weighted by Crippen LogP contribution is -2.22. The highest BCUT2D eigenvalue weighted by molar-refractivity contribution is 6.31. The molecule has 0 bridgehead atoms. The van der Waals surface area contributed by atoms with E-state index in [-0.39, 0.29) is 5.56 Å². The molecule has 1 heterocycles. The van der Waals surface area contributed by atoms with Crippen LogP contribution in [0.1, 0.15) is 23.4 Å². The van der Waals surface area contributed by atoms with Gasteiger partial charge in [0.05, 0.1) is 29.8 Å². The first-order chi connectivity index (χ1) is 19.1. The number of ether oxygens (including phenoxy) is 2. The number of aryl methyl sites for hydroxylation is 1. The topological polar surface area (TPSA) is 53.4 Å². The molecule has 5 nitrogen and oxygen atoms in total. The van der Waals surface area contributed by atoms with Gasteiger partial charge in [0, 0.05) is 11.4 Å². The van der Waals surface area contributed by atoms with Crippen LogP contribution in [0.5, 0.6) is 11.5 Å². The Hall–Kier alpha value is -4.35. The number of halogens is 1. The number of allylic oxidation sites excluding steroid dienone is 1. The van der Waals surface area contributed by atoms with Crippen LogP contribution in [0.25, 0.3) is 22.7 Å². The first-order valence-corrected chi connectivity index (χ1v) is 13.3. The quantitative estimate of drug-likeness (QED) is 0.174. The van der Waals surface area contributed by atoms with Gasteiger partial charge in [-0.2, -0.15) is 0 Å². The molecule has 0 atom stereocenters. The SMILES string of the molecule is Cc1nc2ccc(Cl)cc2c(=O)n1-c1ccc(OCCCOc2ccc(CC=Cc3ccccc3)cc2)cc1. The average Bonchev–Trinajstić information content (AvgIpc) is 2.95. The molecule has 196 valence electrons. The van der Waals surface area contributed by atoms with Gasteiger partial charge in [-0.15, -0.1) is 0 Å². The van der Waals surface area contributed by atoms with Crippen molar-refractivity contribution in [2.75, 3.05) is 13.2 Å². The van der Waals surface area contributed by atoms with Crippen molar-refractivity contribution >= 4 is 28.6 Å². The third-order valence-corrected chi connectivity index (χ3v) is 6.54. The second kappa shape index (κ2) is 12.5. The van der Waals surface area contributed by atoms with Crippen molar-refractivity contribution in [2.24, 2.45) is 0 Å². The fourth-order valence-electron chi connectivity index (χ4n) is 4.32. The highest BCUT2D eigenvalue weighted by atomic mass is 35.5. The molecule has 0 unspecified atom stereocenters. The van der Waals surface area contributed by atoms with E-state index in [9.17, 15) is 4.79 Å². The maximum Gasteiger partial charge on any atom is 0.266 e. The van der Waals surface area contributed by atoms with Gasteiger partial charge in [0.15, 0.2) is 0 Å². The van der Waals surface area contributed by atoms with Crippen LogP contribution in [0, 0.1) is 6.92 Å². The molecule has 0 amide bonds. The van der Waals surface area contributed by atoms with Crippen LogP contribution in [0.2, 0.25) is 5.02 Å². The van der Waals surface area contributed by atoms with Crippen LogP contribution < -0.4 is 15.0 Å². The molecule has 0 fully saturated rings. The highest BCUT2D eigenvalue weighted by Gasteiger charge is 2.10. The van der Waals surface area contributed by atoms with Gasteiger partial charge < -0.3 is 9.47 Å². The molecule has 5 rings (SSSR count). The largest absolute Gasteiger partial charge is 0.493 e. The summed E-state index contributed by atoms with van der Waals surface area (Å²) in [5.41, 5.74) is 3.65. The Morgan fingerprint density at radius 2 is 1.51 bits per heavy atom. The zero-order chi connectivity index (χ0) is 27.0. The number of fused-ring (bicyclic) bond motifs is 1. The van der Waals surface area contributed by atoms with Crippen molar-refractivity contribution in [3.8, 4) is 17.2 Å². The van der Waals surface area contributed by atoms with E-state index >= 15 is 0 Å². The minimum Gasteiger partial charge on any atom is -0.493 e. The maximum absolute atomic E-state index is 13.1. The van der Waals surface area contributed by atoms with E-state index in [1.807, 2.05) is 61.5 Å². The van der Waals surface area contributed by atoms with Crippen LogP contribution in [-0.2, 0) is 6.42 Å². The number of nitrogens with zero attached hydrogens (tertiary/aromatic N) is 2. The summed E-state index contributed by atoms with van der Waals surface area (Å²) in [7, 11) is 0. The Bertz CT molecular complexity index is 1630. The fourth-order valence-corrected chi connectivity index (χ4v) is 4.49. The Labute approximate surface area is 232 Å². The van der Waals surface area contributed by atoms with Crippen molar-refractivity contribution in [2.45, 2.75) is 19.8 Å². The molecule has 0 aliphatic heterocycles. The number of rotatable bonds is 10. The Morgan fingerprint density at radius 3 is 2.21 bits per heavy atom. The van der Waals surface area contributed by atoms with Gasteiger partial charge in [0.25, 0.3) is 5.56 Å². The summed E-state index contributed by atoms with van der Waals surface area (Å²) in [4.78, 5) is 17.6. The molecule has 0 saturated heterocycles. The fraction of sp³-hybridized carbons (Fsp3) is 0.152. The zero-order valence-electron chi connectivity index (χ0n) is 21.7. The predicted octanol–water partition coefficient (Wildman–Crippen LogP) is 7.45.